The van der Waals surface area contributed by atoms with Crippen LogP contribution in [0, 0.1) is 3.57 Å². The van der Waals surface area contributed by atoms with Gasteiger partial charge in [0.25, 0.3) is 0 Å². The van der Waals surface area contributed by atoms with Gasteiger partial charge in [0.2, 0.25) is 0 Å². The summed E-state index contributed by atoms with van der Waals surface area (Å²) in [6.45, 7) is 7.58. The molecule has 1 rings (SSSR count). The van der Waals surface area contributed by atoms with Gasteiger partial charge < -0.3 is 0 Å². The first-order valence-corrected chi connectivity index (χ1v) is 8.78. The number of halogens is 2. The van der Waals surface area contributed by atoms with Crippen molar-refractivity contribution in [3.05, 3.63) is 20.2 Å². The molecule has 18 heavy (non-hydrogen) atoms. The molecule has 0 N–H and O–H groups in total. The Hall–Kier alpha value is 0.0500. The third-order valence-electron chi connectivity index (χ3n) is 2.54. The van der Waals surface area contributed by atoms with E-state index in [-0.39, 0.29) is 11.2 Å². The molecule has 0 aliphatic rings. The van der Waals surface area contributed by atoms with E-state index in [4.69, 9.17) is 11.6 Å². The molecule has 1 aromatic heterocycles. The SMILES string of the molecule is CC(c1nc(Cl)c(I)c(C(C)(C)C)n1)S(C)(=O)=O. The second-order valence-corrected chi connectivity index (χ2v) is 9.06. The predicted octanol–water partition coefficient (Wildman–Crippen LogP) is 3.14. The van der Waals surface area contributed by atoms with Crippen LogP contribution < -0.4 is 0 Å². The molecule has 0 aliphatic carbocycles. The Kier molecular flexibility index (Phi) is 4.66. The molecule has 7 heteroatoms. The molecular weight excluding hydrogens is 387 g/mol. The van der Waals surface area contributed by atoms with E-state index in [1.165, 1.54) is 6.26 Å². The molecule has 0 radical (unpaired) electrons. The molecule has 1 aromatic rings. The Morgan fingerprint density at radius 2 is 1.78 bits per heavy atom. The minimum Gasteiger partial charge on any atom is -0.235 e. The summed E-state index contributed by atoms with van der Waals surface area (Å²) in [6.07, 6.45) is 1.17. The highest BCUT2D eigenvalue weighted by molar-refractivity contribution is 14.1. The van der Waals surface area contributed by atoms with Crippen LogP contribution in [0.15, 0.2) is 0 Å². The lowest BCUT2D eigenvalue weighted by Crippen LogP contribution is -2.20. The second kappa shape index (κ2) is 5.20. The van der Waals surface area contributed by atoms with E-state index < -0.39 is 15.1 Å². The van der Waals surface area contributed by atoms with Crippen molar-refractivity contribution in [2.24, 2.45) is 0 Å². The van der Waals surface area contributed by atoms with Gasteiger partial charge in [0, 0.05) is 11.7 Å². The summed E-state index contributed by atoms with van der Waals surface area (Å²) in [5, 5.41) is -0.450. The first-order chi connectivity index (χ1) is 7.94. The summed E-state index contributed by atoms with van der Waals surface area (Å²) < 4.78 is 23.9. The van der Waals surface area contributed by atoms with Crippen LogP contribution >= 0.6 is 34.2 Å². The lowest BCUT2D eigenvalue weighted by Gasteiger charge is -2.21. The zero-order valence-electron chi connectivity index (χ0n) is 11.0. The molecule has 0 aliphatic heterocycles. The van der Waals surface area contributed by atoms with Gasteiger partial charge in [-0.2, -0.15) is 0 Å². The molecule has 1 unspecified atom stereocenters. The molecule has 0 aromatic carbocycles. The lowest BCUT2D eigenvalue weighted by molar-refractivity contribution is 0.553. The maximum absolute atomic E-state index is 11.6. The van der Waals surface area contributed by atoms with Crippen LogP contribution in [0.2, 0.25) is 5.15 Å². The maximum atomic E-state index is 11.6. The third kappa shape index (κ3) is 3.54. The average Bonchev–Trinajstić information content (AvgIpc) is 2.17. The van der Waals surface area contributed by atoms with E-state index in [0.717, 1.165) is 9.26 Å². The zero-order chi connectivity index (χ0) is 14.3. The number of rotatable bonds is 2. The quantitative estimate of drug-likeness (QED) is 0.563. The summed E-state index contributed by atoms with van der Waals surface area (Å²) in [7, 11) is -3.23. The molecule has 0 fully saturated rings. The molecule has 0 spiro atoms. The van der Waals surface area contributed by atoms with Crippen molar-refractivity contribution < 1.29 is 8.42 Å². The number of nitrogens with zero attached hydrogens (tertiary/aromatic N) is 2. The molecule has 0 saturated heterocycles. The predicted molar refractivity (Wildman–Crippen MR) is 81.7 cm³/mol. The largest absolute Gasteiger partial charge is 0.235 e. The number of hydrogen-bond donors (Lipinski definition) is 0. The molecular formula is C11H16ClIN2O2S. The van der Waals surface area contributed by atoms with Crippen molar-refractivity contribution in [2.45, 2.75) is 38.4 Å². The number of hydrogen-bond acceptors (Lipinski definition) is 4. The average molecular weight is 403 g/mol. The van der Waals surface area contributed by atoms with Crippen LogP contribution in [0.5, 0.6) is 0 Å². The Balaban J connectivity index is 3.48. The Labute approximate surface area is 127 Å². The van der Waals surface area contributed by atoms with Gasteiger partial charge in [0.1, 0.15) is 16.2 Å². The van der Waals surface area contributed by atoms with E-state index in [2.05, 4.69) is 32.6 Å². The number of aromatic nitrogens is 2. The van der Waals surface area contributed by atoms with Gasteiger partial charge >= 0.3 is 0 Å². The summed E-state index contributed by atoms with van der Waals surface area (Å²) in [6, 6.07) is 0. The van der Waals surface area contributed by atoms with Crippen LogP contribution in [0.1, 0.15) is 44.5 Å². The first-order valence-electron chi connectivity index (χ1n) is 5.37. The Morgan fingerprint density at radius 3 is 2.17 bits per heavy atom. The van der Waals surface area contributed by atoms with Crippen molar-refractivity contribution in [1.82, 2.24) is 9.97 Å². The molecule has 1 atom stereocenters. The molecule has 4 nitrogen and oxygen atoms in total. The standard InChI is InChI=1S/C11H16ClIN2O2S/c1-6(18(5,16)17)10-14-8(11(2,3)4)7(13)9(12)15-10/h6H,1-5H3. The van der Waals surface area contributed by atoms with Crippen LogP contribution in [-0.4, -0.2) is 24.6 Å². The summed E-state index contributed by atoms with van der Waals surface area (Å²) >= 11 is 8.15. The summed E-state index contributed by atoms with van der Waals surface area (Å²) in [5.74, 6) is 0.257. The van der Waals surface area contributed by atoms with Gasteiger partial charge in [-0.1, -0.05) is 32.4 Å². The highest BCUT2D eigenvalue weighted by Crippen LogP contribution is 2.31. The smallest absolute Gasteiger partial charge is 0.157 e. The van der Waals surface area contributed by atoms with Crippen LogP contribution in [-0.2, 0) is 15.3 Å². The topological polar surface area (TPSA) is 59.9 Å². The van der Waals surface area contributed by atoms with Gasteiger partial charge in [-0.3, -0.25) is 0 Å². The summed E-state index contributed by atoms with van der Waals surface area (Å²) in [4.78, 5) is 8.47. The highest BCUT2D eigenvalue weighted by Gasteiger charge is 2.27. The second-order valence-electron chi connectivity index (χ2n) is 5.26. The van der Waals surface area contributed by atoms with Gasteiger partial charge in [-0.25, -0.2) is 18.4 Å². The molecule has 102 valence electrons. The molecule has 1 heterocycles. The monoisotopic (exact) mass is 402 g/mol. The maximum Gasteiger partial charge on any atom is 0.157 e. The fourth-order valence-corrected chi connectivity index (χ4v) is 3.02. The van der Waals surface area contributed by atoms with Gasteiger partial charge in [-0.15, -0.1) is 0 Å². The van der Waals surface area contributed by atoms with Crippen molar-refractivity contribution in [1.29, 1.82) is 0 Å². The highest BCUT2D eigenvalue weighted by atomic mass is 127. The van der Waals surface area contributed by atoms with Gasteiger partial charge in [0.05, 0.1) is 9.26 Å². The minimum absolute atomic E-state index is 0.213. The third-order valence-corrected chi connectivity index (χ3v) is 5.65. The van der Waals surface area contributed by atoms with Crippen LogP contribution in [0.25, 0.3) is 0 Å². The first kappa shape index (κ1) is 16.1. The fraction of sp³-hybridized carbons (Fsp3) is 0.636. The molecule has 0 saturated carbocycles. The van der Waals surface area contributed by atoms with Crippen LogP contribution in [0.3, 0.4) is 0 Å². The van der Waals surface area contributed by atoms with Crippen molar-refractivity contribution in [3.63, 3.8) is 0 Å². The summed E-state index contributed by atoms with van der Waals surface area (Å²) in [5.41, 5.74) is 0.559. The fourth-order valence-electron chi connectivity index (χ4n) is 1.31. The van der Waals surface area contributed by atoms with E-state index in [0.29, 0.717) is 5.15 Å². The van der Waals surface area contributed by atoms with Crippen LogP contribution in [0.4, 0.5) is 0 Å². The van der Waals surface area contributed by atoms with Crippen molar-refractivity contribution in [3.8, 4) is 0 Å². The minimum atomic E-state index is -3.23. The van der Waals surface area contributed by atoms with Gasteiger partial charge in [-0.05, 0) is 29.5 Å². The van der Waals surface area contributed by atoms with Crippen molar-refractivity contribution >= 4 is 44.0 Å². The molecule has 0 bridgehead atoms. The zero-order valence-corrected chi connectivity index (χ0v) is 14.7. The Bertz CT molecular complexity index is 567. The van der Waals surface area contributed by atoms with E-state index in [1.54, 1.807) is 6.92 Å². The van der Waals surface area contributed by atoms with E-state index in [9.17, 15) is 8.42 Å². The Morgan fingerprint density at radius 1 is 1.28 bits per heavy atom. The number of sulfone groups is 1. The lowest BCUT2D eigenvalue weighted by atomic mass is 9.92. The normalized spacial score (nSPS) is 14.6. The van der Waals surface area contributed by atoms with E-state index >= 15 is 0 Å². The van der Waals surface area contributed by atoms with Gasteiger partial charge in [0.15, 0.2) is 9.84 Å². The van der Waals surface area contributed by atoms with Crippen molar-refractivity contribution in [2.75, 3.05) is 6.26 Å². The molecule has 0 amide bonds. The van der Waals surface area contributed by atoms with E-state index in [1.807, 2.05) is 20.8 Å².